The van der Waals surface area contributed by atoms with Crippen LogP contribution in [0.3, 0.4) is 0 Å². The quantitative estimate of drug-likeness (QED) is 0.884. The summed E-state index contributed by atoms with van der Waals surface area (Å²) in [6, 6.07) is 4.02. The first-order valence-corrected chi connectivity index (χ1v) is 6.87. The molecule has 2 rings (SSSR count). The second kappa shape index (κ2) is 4.52. The van der Waals surface area contributed by atoms with Crippen LogP contribution in [0.1, 0.15) is 30.6 Å². The molecule has 1 aliphatic rings. The van der Waals surface area contributed by atoms with E-state index in [0.29, 0.717) is 19.3 Å². The summed E-state index contributed by atoms with van der Waals surface area (Å²) in [6.45, 7) is 0. The molecular formula is C11H15BrFNS. The molecule has 1 saturated carbocycles. The van der Waals surface area contributed by atoms with E-state index in [4.69, 9.17) is 5.73 Å². The van der Waals surface area contributed by atoms with Gasteiger partial charge in [-0.05, 0) is 53.7 Å². The zero-order valence-electron chi connectivity index (χ0n) is 8.51. The molecule has 1 aromatic rings. The van der Waals surface area contributed by atoms with Crippen LogP contribution in [0.2, 0.25) is 0 Å². The van der Waals surface area contributed by atoms with Gasteiger partial charge in [-0.2, -0.15) is 0 Å². The van der Waals surface area contributed by atoms with Gasteiger partial charge in [0.1, 0.15) is 5.67 Å². The van der Waals surface area contributed by atoms with Gasteiger partial charge < -0.3 is 5.73 Å². The van der Waals surface area contributed by atoms with E-state index < -0.39 is 5.67 Å². The van der Waals surface area contributed by atoms with E-state index in [1.165, 1.54) is 0 Å². The van der Waals surface area contributed by atoms with Crippen molar-refractivity contribution in [1.82, 2.24) is 0 Å². The molecule has 0 aliphatic heterocycles. The second-order valence-corrected chi connectivity index (χ2v) is 6.94. The molecule has 1 heterocycles. The Labute approximate surface area is 102 Å². The fraction of sp³-hybridized carbons (Fsp3) is 0.636. The number of hydrogen-bond donors (Lipinski definition) is 1. The van der Waals surface area contributed by atoms with E-state index in [0.717, 1.165) is 21.5 Å². The topological polar surface area (TPSA) is 26.0 Å². The minimum absolute atomic E-state index is 0.0483. The molecule has 4 heteroatoms. The Morgan fingerprint density at radius 1 is 1.60 bits per heavy atom. The SMILES string of the molecule is NC1CCCC(F)(Cc2ccc(Br)s2)C1. The van der Waals surface area contributed by atoms with Gasteiger partial charge in [0.25, 0.3) is 0 Å². The predicted octanol–water partition coefficient (Wildman–Crippen LogP) is 3.66. The zero-order chi connectivity index (χ0) is 10.9. The maximum absolute atomic E-state index is 14.4. The molecular weight excluding hydrogens is 277 g/mol. The monoisotopic (exact) mass is 291 g/mol. The molecule has 0 amide bonds. The van der Waals surface area contributed by atoms with Crippen LogP contribution in [0.4, 0.5) is 4.39 Å². The maximum Gasteiger partial charge on any atom is 0.117 e. The lowest BCUT2D eigenvalue weighted by Gasteiger charge is -2.32. The molecule has 0 bridgehead atoms. The van der Waals surface area contributed by atoms with Crippen molar-refractivity contribution >= 4 is 27.3 Å². The summed E-state index contributed by atoms with van der Waals surface area (Å²) >= 11 is 5.01. The third-order valence-corrected chi connectivity index (χ3v) is 4.57. The second-order valence-electron chi connectivity index (χ2n) is 4.39. The van der Waals surface area contributed by atoms with Gasteiger partial charge >= 0.3 is 0 Å². The van der Waals surface area contributed by atoms with Crippen molar-refractivity contribution in [3.8, 4) is 0 Å². The summed E-state index contributed by atoms with van der Waals surface area (Å²) in [4.78, 5) is 1.11. The van der Waals surface area contributed by atoms with Crippen LogP contribution in [0.5, 0.6) is 0 Å². The Morgan fingerprint density at radius 3 is 3.00 bits per heavy atom. The zero-order valence-corrected chi connectivity index (χ0v) is 10.9. The Bertz CT molecular complexity index is 341. The minimum Gasteiger partial charge on any atom is -0.328 e. The summed E-state index contributed by atoms with van der Waals surface area (Å²) < 4.78 is 15.5. The molecule has 1 aliphatic carbocycles. The summed E-state index contributed by atoms with van der Waals surface area (Å²) in [5.41, 5.74) is 4.76. The maximum atomic E-state index is 14.4. The van der Waals surface area contributed by atoms with Crippen molar-refractivity contribution in [2.24, 2.45) is 5.73 Å². The van der Waals surface area contributed by atoms with E-state index >= 15 is 0 Å². The molecule has 0 spiro atoms. The largest absolute Gasteiger partial charge is 0.328 e. The van der Waals surface area contributed by atoms with Crippen LogP contribution in [0.25, 0.3) is 0 Å². The van der Waals surface area contributed by atoms with Crippen molar-refractivity contribution in [1.29, 1.82) is 0 Å². The van der Waals surface area contributed by atoms with Crippen LogP contribution in [0.15, 0.2) is 15.9 Å². The Hall–Kier alpha value is 0.0700. The van der Waals surface area contributed by atoms with Crippen LogP contribution < -0.4 is 5.73 Å². The smallest absolute Gasteiger partial charge is 0.117 e. The number of halogens is 2. The van der Waals surface area contributed by atoms with Crippen LogP contribution in [-0.4, -0.2) is 11.7 Å². The van der Waals surface area contributed by atoms with Gasteiger partial charge in [0.05, 0.1) is 3.79 Å². The Kier molecular flexibility index (Phi) is 3.48. The molecule has 84 valence electrons. The lowest BCUT2D eigenvalue weighted by atomic mass is 9.81. The molecule has 0 saturated heterocycles. The summed E-state index contributed by atoms with van der Waals surface area (Å²) in [5.74, 6) is 0. The van der Waals surface area contributed by atoms with E-state index in [1.807, 2.05) is 12.1 Å². The lowest BCUT2D eigenvalue weighted by molar-refractivity contribution is 0.0974. The first-order valence-electron chi connectivity index (χ1n) is 5.26. The van der Waals surface area contributed by atoms with Crippen molar-refractivity contribution in [2.75, 3.05) is 0 Å². The average molecular weight is 292 g/mol. The standard InChI is InChI=1S/C11H15BrFNS/c12-10-4-3-9(15-10)7-11(13)5-1-2-8(14)6-11/h3-4,8H,1-2,5-7,14H2. The number of hydrogen-bond acceptors (Lipinski definition) is 2. The Morgan fingerprint density at radius 2 is 2.40 bits per heavy atom. The highest BCUT2D eigenvalue weighted by molar-refractivity contribution is 9.11. The van der Waals surface area contributed by atoms with Crippen LogP contribution in [0, 0.1) is 0 Å². The van der Waals surface area contributed by atoms with Gasteiger partial charge in [-0.3, -0.25) is 0 Å². The molecule has 1 nitrogen and oxygen atoms in total. The van der Waals surface area contributed by atoms with Crippen molar-refractivity contribution < 1.29 is 4.39 Å². The van der Waals surface area contributed by atoms with Gasteiger partial charge in [0, 0.05) is 17.3 Å². The normalized spacial score (nSPS) is 31.8. The Balaban J connectivity index is 2.03. The van der Waals surface area contributed by atoms with Crippen LogP contribution >= 0.6 is 27.3 Å². The minimum atomic E-state index is -1.07. The van der Waals surface area contributed by atoms with Crippen molar-refractivity contribution in [3.05, 3.63) is 20.8 Å². The molecule has 2 N–H and O–H groups in total. The van der Waals surface area contributed by atoms with E-state index in [2.05, 4.69) is 15.9 Å². The first kappa shape index (κ1) is 11.6. The number of thiophene rings is 1. The van der Waals surface area contributed by atoms with E-state index in [-0.39, 0.29) is 6.04 Å². The number of rotatable bonds is 2. The summed E-state index contributed by atoms with van der Waals surface area (Å²) in [7, 11) is 0. The molecule has 1 fully saturated rings. The highest BCUT2D eigenvalue weighted by Crippen LogP contribution is 2.36. The van der Waals surface area contributed by atoms with Gasteiger partial charge in [-0.1, -0.05) is 0 Å². The lowest BCUT2D eigenvalue weighted by Crippen LogP contribution is -2.39. The van der Waals surface area contributed by atoms with E-state index in [9.17, 15) is 4.39 Å². The molecule has 2 atom stereocenters. The van der Waals surface area contributed by atoms with Gasteiger partial charge in [0.15, 0.2) is 0 Å². The summed E-state index contributed by atoms with van der Waals surface area (Å²) in [6.07, 6.45) is 3.60. The molecule has 1 aromatic heterocycles. The fourth-order valence-corrected chi connectivity index (χ4v) is 3.88. The molecule has 2 unspecified atom stereocenters. The van der Waals surface area contributed by atoms with Gasteiger partial charge in [0.2, 0.25) is 0 Å². The third kappa shape index (κ3) is 3.02. The third-order valence-electron chi connectivity index (χ3n) is 2.95. The molecule has 0 aromatic carbocycles. The van der Waals surface area contributed by atoms with Gasteiger partial charge in [-0.25, -0.2) is 4.39 Å². The van der Waals surface area contributed by atoms with Crippen molar-refractivity contribution in [3.63, 3.8) is 0 Å². The number of alkyl halides is 1. The number of nitrogens with two attached hydrogens (primary N) is 1. The highest BCUT2D eigenvalue weighted by Gasteiger charge is 2.35. The van der Waals surface area contributed by atoms with Gasteiger partial charge in [-0.15, -0.1) is 11.3 Å². The van der Waals surface area contributed by atoms with E-state index in [1.54, 1.807) is 11.3 Å². The van der Waals surface area contributed by atoms with Crippen molar-refractivity contribution in [2.45, 2.75) is 43.8 Å². The molecule has 15 heavy (non-hydrogen) atoms. The predicted molar refractivity (Wildman–Crippen MR) is 66.0 cm³/mol. The highest BCUT2D eigenvalue weighted by atomic mass is 79.9. The fourth-order valence-electron chi connectivity index (χ4n) is 2.27. The first-order chi connectivity index (χ1) is 7.07. The van der Waals surface area contributed by atoms with Crippen LogP contribution in [-0.2, 0) is 6.42 Å². The summed E-state index contributed by atoms with van der Waals surface area (Å²) in [5, 5.41) is 0. The molecule has 0 radical (unpaired) electrons. The average Bonchev–Trinajstić information content (AvgIpc) is 2.49.